The number of rotatable bonds is 2. The van der Waals surface area contributed by atoms with E-state index in [1.54, 1.807) is 18.2 Å². The molecule has 2 rings (SSSR count). The van der Waals surface area contributed by atoms with Gasteiger partial charge in [0.15, 0.2) is 0 Å². The second-order valence-electron chi connectivity index (χ2n) is 3.25. The molecule has 0 spiro atoms. The number of carbonyl (C=O) groups excluding carboxylic acids is 1. The van der Waals surface area contributed by atoms with E-state index < -0.39 is 6.04 Å². The Morgan fingerprint density at radius 2 is 2.47 bits per heavy atom. The van der Waals surface area contributed by atoms with Gasteiger partial charge in [0.25, 0.3) is 0 Å². The van der Waals surface area contributed by atoms with Crippen LogP contribution >= 0.6 is 0 Å². The topological polar surface area (TPSA) is 64.8 Å². The standard InChI is InChI=1S/C10H12N2O3/c1-14-12-8(5-13)6-15-10-3-2-7(11)4-9(10)12/h2-5,8H,6,11H2,1H3. The molecule has 0 aromatic heterocycles. The predicted octanol–water partition coefficient (Wildman–Crippen LogP) is 0.596. The summed E-state index contributed by atoms with van der Waals surface area (Å²) in [7, 11) is 1.51. The molecule has 80 valence electrons. The third-order valence-electron chi connectivity index (χ3n) is 2.29. The number of hydrogen-bond donors (Lipinski definition) is 1. The van der Waals surface area contributed by atoms with Gasteiger partial charge in [-0.25, -0.2) is 5.06 Å². The van der Waals surface area contributed by atoms with Crippen LogP contribution in [0.25, 0.3) is 0 Å². The first-order chi connectivity index (χ1) is 7.26. The van der Waals surface area contributed by atoms with E-state index in [0.717, 1.165) is 6.29 Å². The van der Waals surface area contributed by atoms with Gasteiger partial charge in [-0.3, -0.25) is 4.84 Å². The van der Waals surface area contributed by atoms with E-state index >= 15 is 0 Å². The molecule has 5 nitrogen and oxygen atoms in total. The number of carbonyl (C=O) groups is 1. The molecule has 5 heteroatoms. The normalized spacial score (nSPS) is 19.3. The zero-order valence-corrected chi connectivity index (χ0v) is 8.34. The summed E-state index contributed by atoms with van der Waals surface area (Å²) >= 11 is 0. The van der Waals surface area contributed by atoms with Gasteiger partial charge in [-0.1, -0.05) is 0 Å². The largest absolute Gasteiger partial charge is 0.489 e. The highest BCUT2D eigenvalue weighted by Crippen LogP contribution is 2.34. The molecule has 0 fully saturated rings. The number of ether oxygens (including phenoxy) is 1. The van der Waals surface area contributed by atoms with Gasteiger partial charge in [0.1, 0.15) is 30.4 Å². The molecule has 1 heterocycles. The lowest BCUT2D eigenvalue weighted by Gasteiger charge is -2.33. The summed E-state index contributed by atoms with van der Waals surface area (Å²) in [6.07, 6.45) is 0.787. The number of nitrogens with two attached hydrogens (primary N) is 1. The number of aldehydes is 1. The molecule has 1 atom stereocenters. The van der Waals surface area contributed by atoms with Crippen molar-refractivity contribution in [3.05, 3.63) is 18.2 Å². The van der Waals surface area contributed by atoms with E-state index in [2.05, 4.69) is 0 Å². The summed E-state index contributed by atoms with van der Waals surface area (Å²) in [6.45, 7) is 0.286. The van der Waals surface area contributed by atoms with E-state index in [4.69, 9.17) is 15.3 Å². The Balaban J connectivity index is 2.43. The molecule has 1 aliphatic rings. The van der Waals surface area contributed by atoms with Crippen molar-refractivity contribution in [2.45, 2.75) is 6.04 Å². The molecule has 15 heavy (non-hydrogen) atoms. The lowest BCUT2D eigenvalue weighted by atomic mass is 10.2. The maximum atomic E-state index is 10.8. The highest BCUT2D eigenvalue weighted by Gasteiger charge is 2.27. The average molecular weight is 208 g/mol. The summed E-state index contributed by atoms with van der Waals surface area (Å²) < 4.78 is 5.41. The third-order valence-corrected chi connectivity index (χ3v) is 2.29. The maximum Gasteiger partial charge on any atom is 0.148 e. The van der Waals surface area contributed by atoms with E-state index in [9.17, 15) is 4.79 Å². The van der Waals surface area contributed by atoms with E-state index in [0.29, 0.717) is 17.1 Å². The minimum atomic E-state index is -0.427. The average Bonchev–Trinajstić information content (AvgIpc) is 2.27. The Labute approximate surface area is 87.3 Å². The van der Waals surface area contributed by atoms with E-state index in [1.807, 2.05) is 0 Å². The number of hydrogen-bond acceptors (Lipinski definition) is 5. The smallest absolute Gasteiger partial charge is 0.148 e. The van der Waals surface area contributed by atoms with Crippen LogP contribution in [0.2, 0.25) is 0 Å². The molecule has 1 aliphatic heterocycles. The van der Waals surface area contributed by atoms with Gasteiger partial charge in [0.2, 0.25) is 0 Å². The summed E-state index contributed by atoms with van der Waals surface area (Å²) in [4.78, 5) is 15.9. The van der Waals surface area contributed by atoms with Crippen molar-refractivity contribution in [3.63, 3.8) is 0 Å². The minimum Gasteiger partial charge on any atom is -0.489 e. The highest BCUT2D eigenvalue weighted by molar-refractivity contribution is 5.72. The SMILES string of the molecule is CON1c2cc(N)ccc2OCC1C=O. The summed E-state index contributed by atoms with van der Waals surface area (Å²) in [5.74, 6) is 0.671. The molecule has 1 aromatic carbocycles. The fourth-order valence-corrected chi connectivity index (χ4v) is 1.58. The first-order valence-electron chi connectivity index (χ1n) is 4.57. The summed E-state index contributed by atoms with van der Waals surface area (Å²) in [5, 5.41) is 1.50. The van der Waals surface area contributed by atoms with Crippen molar-refractivity contribution in [2.75, 3.05) is 24.5 Å². The number of benzene rings is 1. The van der Waals surface area contributed by atoms with Crippen LogP contribution in [0, 0.1) is 0 Å². The molecule has 0 aliphatic carbocycles. The van der Waals surface area contributed by atoms with Gasteiger partial charge in [0.05, 0.1) is 7.11 Å². The fraction of sp³-hybridized carbons (Fsp3) is 0.300. The molecule has 0 radical (unpaired) electrons. The zero-order chi connectivity index (χ0) is 10.8. The number of hydroxylamine groups is 1. The number of nitrogens with zero attached hydrogens (tertiary/aromatic N) is 1. The first-order valence-corrected chi connectivity index (χ1v) is 4.57. The molecule has 2 N–H and O–H groups in total. The minimum absolute atomic E-state index is 0.286. The molecule has 1 unspecified atom stereocenters. The Morgan fingerprint density at radius 1 is 1.67 bits per heavy atom. The molecule has 0 saturated heterocycles. The lowest BCUT2D eigenvalue weighted by molar-refractivity contribution is -0.111. The van der Waals surface area contributed by atoms with Gasteiger partial charge < -0.3 is 15.3 Å². The van der Waals surface area contributed by atoms with Gasteiger partial charge in [-0.15, -0.1) is 0 Å². The Morgan fingerprint density at radius 3 is 3.13 bits per heavy atom. The van der Waals surface area contributed by atoms with Crippen molar-refractivity contribution in [1.29, 1.82) is 0 Å². The zero-order valence-electron chi connectivity index (χ0n) is 8.34. The monoisotopic (exact) mass is 208 g/mol. The van der Waals surface area contributed by atoms with Crippen molar-refractivity contribution in [1.82, 2.24) is 0 Å². The van der Waals surface area contributed by atoms with Crippen LogP contribution in [0.5, 0.6) is 5.75 Å². The van der Waals surface area contributed by atoms with Crippen molar-refractivity contribution in [2.24, 2.45) is 0 Å². The van der Waals surface area contributed by atoms with Crippen LogP contribution in [0.1, 0.15) is 0 Å². The van der Waals surface area contributed by atoms with Gasteiger partial charge in [0, 0.05) is 5.69 Å². The van der Waals surface area contributed by atoms with E-state index in [-0.39, 0.29) is 6.61 Å². The summed E-state index contributed by atoms with van der Waals surface area (Å²) in [5.41, 5.74) is 6.94. The molecule has 0 bridgehead atoms. The van der Waals surface area contributed by atoms with Crippen LogP contribution in [-0.2, 0) is 9.63 Å². The van der Waals surface area contributed by atoms with Crippen LogP contribution in [-0.4, -0.2) is 26.0 Å². The van der Waals surface area contributed by atoms with Crippen molar-refractivity contribution < 1.29 is 14.4 Å². The Bertz CT molecular complexity index is 381. The van der Waals surface area contributed by atoms with Crippen molar-refractivity contribution >= 4 is 17.7 Å². The van der Waals surface area contributed by atoms with Gasteiger partial charge in [-0.2, -0.15) is 0 Å². The van der Waals surface area contributed by atoms with Crippen LogP contribution < -0.4 is 15.5 Å². The van der Waals surface area contributed by atoms with E-state index in [1.165, 1.54) is 12.2 Å². The number of anilines is 2. The quantitative estimate of drug-likeness (QED) is 0.569. The molecular formula is C10H12N2O3. The Hall–Kier alpha value is -1.75. The first kappa shape index (κ1) is 9.79. The molecular weight excluding hydrogens is 196 g/mol. The second kappa shape index (κ2) is 3.78. The third kappa shape index (κ3) is 1.61. The van der Waals surface area contributed by atoms with Crippen LogP contribution in [0.3, 0.4) is 0 Å². The van der Waals surface area contributed by atoms with Gasteiger partial charge in [-0.05, 0) is 18.2 Å². The second-order valence-corrected chi connectivity index (χ2v) is 3.25. The maximum absolute atomic E-state index is 10.8. The summed E-state index contributed by atoms with van der Waals surface area (Å²) in [6, 6.07) is 4.80. The molecule has 1 aromatic rings. The van der Waals surface area contributed by atoms with Crippen molar-refractivity contribution in [3.8, 4) is 5.75 Å². The highest BCUT2D eigenvalue weighted by atomic mass is 16.7. The number of fused-ring (bicyclic) bond motifs is 1. The molecule has 0 amide bonds. The van der Waals surface area contributed by atoms with Crippen LogP contribution in [0.4, 0.5) is 11.4 Å². The van der Waals surface area contributed by atoms with Crippen LogP contribution in [0.15, 0.2) is 18.2 Å². The Kier molecular flexibility index (Phi) is 2.47. The van der Waals surface area contributed by atoms with Gasteiger partial charge >= 0.3 is 0 Å². The lowest BCUT2D eigenvalue weighted by Crippen LogP contribution is -2.43. The number of nitrogen functional groups attached to an aromatic ring is 1. The predicted molar refractivity (Wildman–Crippen MR) is 55.7 cm³/mol. The molecule has 0 saturated carbocycles. The fourth-order valence-electron chi connectivity index (χ4n) is 1.58.